The van der Waals surface area contributed by atoms with E-state index in [2.05, 4.69) is 9.51 Å². The number of fused-ring (bicyclic) bond motifs is 1. The molecule has 50 valence electrons. The molecule has 2 heterocycles. The fourth-order valence-electron chi connectivity index (χ4n) is 0.657. The van der Waals surface area contributed by atoms with E-state index in [0.29, 0.717) is 0 Å². The van der Waals surface area contributed by atoms with Crippen LogP contribution in [-0.2, 0) is 0 Å². The highest BCUT2D eigenvalue weighted by Gasteiger charge is 1.99. The van der Waals surface area contributed by atoms with E-state index in [4.69, 9.17) is 4.11 Å². The van der Waals surface area contributed by atoms with Crippen LogP contribution >= 0.6 is 0 Å². The molecule has 0 saturated heterocycles. The van der Waals surface area contributed by atoms with Crippen LogP contribution in [0.15, 0.2) is 27.7 Å². The Balaban J connectivity index is 3.09. The lowest BCUT2D eigenvalue weighted by Gasteiger charge is -1.78. The van der Waals surface area contributed by atoms with Crippen LogP contribution in [0.25, 0.3) is 11.0 Å². The zero-order chi connectivity index (χ0) is 9.59. The SMILES string of the molecule is [2H]c1nc([2H])c2o[nH]c(=O)c2c1[2H]. The van der Waals surface area contributed by atoms with Crippen molar-refractivity contribution in [2.45, 2.75) is 0 Å². The number of aromatic amines is 1. The Morgan fingerprint density at radius 2 is 2.70 bits per heavy atom. The van der Waals surface area contributed by atoms with Gasteiger partial charge in [-0.05, 0) is 6.04 Å². The first-order valence-corrected chi connectivity index (χ1v) is 2.56. The van der Waals surface area contributed by atoms with Crippen LogP contribution in [0.5, 0.6) is 0 Å². The summed E-state index contributed by atoms with van der Waals surface area (Å²) >= 11 is 0. The Kier molecular flexibility index (Phi) is 0.510. The molecule has 0 unspecified atom stereocenters. The van der Waals surface area contributed by atoms with Crippen LogP contribution in [0, 0.1) is 0 Å². The third kappa shape index (κ3) is 0.556. The first-order chi connectivity index (χ1) is 6.11. The molecule has 0 fully saturated rings. The second kappa shape index (κ2) is 1.70. The van der Waals surface area contributed by atoms with Crippen molar-refractivity contribution in [3.63, 3.8) is 0 Å². The van der Waals surface area contributed by atoms with Gasteiger partial charge in [-0.1, -0.05) is 0 Å². The molecule has 4 heteroatoms. The average molecular weight is 139 g/mol. The van der Waals surface area contributed by atoms with Crippen LogP contribution in [0.2, 0.25) is 0 Å². The molecule has 0 saturated carbocycles. The summed E-state index contributed by atoms with van der Waals surface area (Å²) in [5, 5.41) is 1.90. The average Bonchev–Trinajstić information content (AvgIpc) is 2.44. The van der Waals surface area contributed by atoms with E-state index in [0.717, 1.165) is 0 Å². The minimum atomic E-state index is -0.607. The minimum Gasteiger partial charge on any atom is -0.377 e. The van der Waals surface area contributed by atoms with Crippen molar-refractivity contribution < 1.29 is 8.64 Å². The summed E-state index contributed by atoms with van der Waals surface area (Å²) in [6, 6.07) is -0.319. The minimum absolute atomic E-state index is 0.0778. The maximum Gasteiger partial charge on any atom is 0.287 e. The van der Waals surface area contributed by atoms with Crippen molar-refractivity contribution in [1.82, 2.24) is 10.1 Å². The van der Waals surface area contributed by atoms with E-state index < -0.39 is 11.7 Å². The summed E-state index contributed by atoms with van der Waals surface area (Å²) < 4.78 is 26.4. The molecule has 0 aliphatic rings. The van der Waals surface area contributed by atoms with Gasteiger partial charge in [-0.25, -0.2) is 0 Å². The Labute approximate surface area is 59.7 Å². The molecule has 2 rings (SSSR count). The standard InChI is InChI=1S/C6H4N2O2/c9-6-4-1-2-7-3-5(4)10-8-6/h1-3H,(H,8,9)/i1D,2D,3D. The third-order valence-corrected chi connectivity index (χ3v) is 1.09. The summed E-state index contributed by atoms with van der Waals surface area (Å²) in [4.78, 5) is 14.4. The summed E-state index contributed by atoms with van der Waals surface area (Å²) in [6.45, 7) is 0. The number of pyridine rings is 1. The highest BCUT2D eigenvalue weighted by atomic mass is 16.5. The second-order valence-electron chi connectivity index (χ2n) is 1.70. The van der Waals surface area contributed by atoms with Gasteiger partial charge < -0.3 is 4.52 Å². The Bertz CT molecular complexity index is 530. The Morgan fingerprint density at radius 3 is 3.60 bits per heavy atom. The number of nitrogens with one attached hydrogen (secondary N) is 1. The van der Waals surface area contributed by atoms with Crippen molar-refractivity contribution in [1.29, 1.82) is 0 Å². The monoisotopic (exact) mass is 139 g/mol. The molecule has 2 aromatic rings. The van der Waals surface area contributed by atoms with Crippen molar-refractivity contribution in [2.75, 3.05) is 0 Å². The summed E-state index contributed by atoms with van der Waals surface area (Å²) in [5.41, 5.74) is -0.685. The van der Waals surface area contributed by atoms with Crippen LogP contribution in [0.4, 0.5) is 0 Å². The fraction of sp³-hybridized carbons (Fsp3) is 0. The number of hydrogen-bond donors (Lipinski definition) is 1. The summed E-state index contributed by atoms with van der Waals surface area (Å²) in [7, 11) is 0. The van der Waals surface area contributed by atoms with E-state index in [1.807, 2.05) is 5.16 Å². The topological polar surface area (TPSA) is 58.9 Å². The second-order valence-corrected chi connectivity index (χ2v) is 1.70. The quantitative estimate of drug-likeness (QED) is 0.578. The fourth-order valence-corrected chi connectivity index (χ4v) is 0.657. The normalized spacial score (nSPS) is 14.6. The predicted octanol–water partition coefficient (Wildman–Crippen LogP) is 0.516. The van der Waals surface area contributed by atoms with Gasteiger partial charge in [0.25, 0.3) is 5.56 Å². The molecular weight excluding hydrogens is 132 g/mol. The smallest absolute Gasteiger partial charge is 0.287 e. The Hall–Kier alpha value is -1.58. The summed E-state index contributed by atoms with van der Waals surface area (Å²) in [5.74, 6) is 0. The van der Waals surface area contributed by atoms with Crippen molar-refractivity contribution in [3.8, 4) is 0 Å². The maximum absolute atomic E-state index is 11.0. The molecule has 0 bridgehead atoms. The molecule has 0 amide bonds. The zero-order valence-corrected chi connectivity index (χ0v) is 4.76. The number of aromatic nitrogens is 2. The highest BCUT2D eigenvalue weighted by molar-refractivity contribution is 5.73. The summed E-state index contributed by atoms with van der Waals surface area (Å²) in [6.07, 6.45) is -0.709. The number of rotatable bonds is 0. The molecule has 1 N–H and O–H groups in total. The van der Waals surface area contributed by atoms with E-state index in [1.54, 1.807) is 0 Å². The lowest BCUT2D eigenvalue weighted by atomic mass is 10.3. The molecule has 0 aliphatic carbocycles. The van der Waals surface area contributed by atoms with Gasteiger partial charge in [0.15, 0.2) is 5.58 Å². The van der Waals surface area contributed by atoms with E-state index in [9.17, 15) is 4.79 Å². The number of hydrogen-bond acceptors (Lipinski definition) is 3. The lowest BCUT2D eigenvalue weighted by Crippen LogP contribution is -1.95. The van der Waals surface area contributed by atoms with E-state index in [1.165, 1.54) is 0 Å². The molecular formula is C6H4N2O2. The van der Waals surface area contributed by atoms with Crippen LogP contribution < -0.4 is 5.56 Å². The van der Waals surface area contributed by atoms with Gasteiger partial charge in [-0.3, -0.25) is 9.78 Å². The highest BCUT2D eigenvalue weighted by Crippen LogP contribution is 2.03. The first-order valence-electron chi connectivity index (χ1n) is 4.06. The number of H-pyrrole nitrogens is 1. The van der Waals surface area contributed by atoms with Gasteiger partial charge in [-0.2, -0.15) is 5.16 Å². The van der Waals surface area contributed by atoms with Gasteiger partial charge in [0, 0.05) is 6.17 Å². The van der Waals surface area contributed by atoms with Gasteiger partial charge in [0.2, 0.25) is 0 Å². The maximum atomic E-state index is 11.0. The van der Waals surface area contributed by atoms with Gasteiger partial charge in [-0.15, -0.1) is 0 Å². The van der Waals surface area contributed by atoms with Crippen LogP contribution in [0.3, 0.4) is 0 Å². The zero-order valence-electron chi connectivity index (χ0n) is 7.76. The van der Waals surface area contributed by atoms with Crippen LogP contribution in [0.1, 0.15) is 4.11 Å². The molecule has 0 spiro atoms. The molecule has 10 heavy (non-hydrogen) atoms. The molecule has 2 aromatic heterocycles. The van der Waals surface area contributed by atoms with Crippen molar-refractivity contribution >= 4 is 11.0 Å². The van der Waals surface area contributed by atoms with Gasteiger partial charge >= 0.3 is 0 Å². The molecule has 0 radical (unpaired) electrons. The molecule has 0 atom stereocenters. The largest absolute Gasteiger partial charge is 0.377 e. The van der Waals surface area contributed by atoms with E-state index >= 15 is 0 Å². The van der Waals surface area contributed by atoms with Gasteiger partial charge in [0.05, 0.1) is 15.7 Å². The Morgan fingerprint density at radius 1 is 1.80 bits per heavy atom. The van der Waals surface area contributed by atoms with Crippen molar-refractivity contribution in [3.05, 3.63) is 28.7 Å². The van der Waals surface area contributed by atoms with E-state index in [-0.39, 0.29) is 23.2 Å². The first kappa shape index (κ1) is 3.01. The molecule has 4 nitrogen and oxygen atoms in total. The van der Waals surface area contributed by atoms with Gasteiger partial charge in [0.1, 0.15) is 0 Å². The lowest BCUT2D eigenvalue weighted by molar-refractivity contribution is 0.448. The molecule has 0 aromatic carbocycles. The third-order valence-electron chi connectivity index (χ3n) is 1.09. The van der Waals surface area contributed by atoms with Crippen LogP contribution in [-0.4, -0.2) is 10.1 Å². The predicted molar refractivity (Wildman–Crippen MR) is 34.6 cm³/mol. The molecule has 0 aliphatic heterocycles. The number of nitrogens with zero attached hydrogens (tertiary/aromatic N) is 1. The van der Waals surface area contributed by atoms with Crippen molar-refractivity contribution in [2.24, 2.45) is 0 Å².